The van der Waals surface area contributed by atoms with E-state index in [2.05, 4.69) is 10.2 Å². The molecule has 1 fully saturated rings. The monoisotopic (exact) mass is 215 g/mol. The van der Waals surface area contributed by atoms with Gasteiger partial charge in [-0.1, -0.05) is 0 Å². The molecule has 88 valence electrons. The third kappa shape index (κ3) is 4.15. The van der Waals surface area contributed by atoms with Gasteiger partial charge in [-0.15, -0.1) is 0 Å². The Balaban J connectivity index is 2.07. The summed E-state index contributed by atoms with van der Waals surface area (Å²) in [6.45, 7) is 5.38. The maximum atomic E-state index is 11.4. The van der Waals surface area contributed by atoms with Crippen LogP contribution in [0, 0.1) is 0 Å². The third-order valence-electron chi connectivity index (χ3n) is 2.50. The molecule has 1 aliphatic heterocycles. The molecule has 0 aliphatic carbocycles. The lowest BCUT2D eigenvalue weighted by Gasteiger charge is -2.20. The van der Waals surface area contributed by atoms with Crippen LogP contribution in [0.1, 0.15) is 6.92 Å². The van der Waals surface area contributed by atoms with Crippen LogP contribution in [0.5, 0.6) is 0 Å². The minimum Gasteiger partial charge on any atom is -0.378 e. The molecule has 0 spiro atoms. The second-order valence-electron chi connectivity index (χ2n) is 4.06. The Morgan fingerprint density at radius 3 is 2.80 bits per heavy atom. The highest BCUT2D eigenvalue weighted by Gasteiger charge is 2.25. The van der Waals surface area contributed by atoms with Crippen molar-refractivity contribution in [3.05, 3.63) is 0 Å². The predicted octanol–water partition coefficient (Wildman–Crippen LogP) is -0.658. The number of likely N-dealkylation sites (N-methyl/N-ethyl adjacent to an activating group) is 1. The first kappa shape index (κ1) is 12.4. The summed E-state index contributed by atoms with van der Waals surface area (Å²) >= 11 is 0. The number of nitrogens with zero attached hydrogens (tertiary/aromatic N) is 2. The van der Waals surface area contributed by atoms with E-state index in [1.807, 2.05) is 25.9 Å². The highest BCUT2D eigenvalue weighted by atomic mass is 16.5. The number of hydrogen-bond donors (Lipinski definition) is 1. The number of hydrogen-bond acceptors (Lipinski definition) is 4. The summed E-state index contributed by atoms with van der Waals surface area (Å²) in [6.07, 6.45) is 0.148. The average Bonchev–Trinajstić information content (AvgIpc) is 2.47. The summed E-state index contributed by atoms with van der Waals surface area (Å²) in [7, 11) is 4.03. The Labute approximate surface area is 91.4 Å². The van der Waals surface area contributed by atoms with Crippen molar-refractivity contribution in [3.8, 4) is 0 Å². The van der Waals surface area contributed by atoms with E-state index < -0.39 is 0 Å². The minimum atomic E-state index is 0.148. The van der Waals surface area contributed by atoms with Crippen LogP contribution in [0.3, 0.4) is 0 Å². The summed E-state index contributed by atoms with van der Waals surface area (Å²) in [5.74, 6) is 0.165. The zero-order chi connectivity index (χ0) is 11.3. The number of nitrogens with one attached hydrogen (secondary N) is 1. The summed E-state index contributed by atoms with van der Waals surface area (Å²) in [5, 5.41) is 3.09. The zero-order valence-corrected chi connectivity index (χ0v) is 9.82. The van der Waals surface area contributed by atoms with E-state index in [1.165, 1.54) is 0 Å². The van der Waals surface area contributed by atoms with Crippen molar-refractivity contribution in [1.29, 1.82) is 0 Å². The lowest BCUT2D eigenvalue weighted by atomic mass is 10.4. The van der Waals surface area contributed by atoms with E-state index in [4.69, 9.17) is 4.74 Å². The predicted molar refractivity (Wildman–Crippen MR) is 58.6 cm³/mol. The Morgan fingerprint density at radius 2 is 2.27 bits per heavy atom. The van der Waals surface area contributed by atoms with Gasteiger partial charge in [0.2, 0.25) is 5.91 Å². The van der Waals surface area contributed by atoms with Crippen LogP contribution >= 0.6 is 0 Å². The number of amides is 1. The number of carbonyl (C=O) groups excluding carboxylic acids is 1. The minimum absolute atomic E-state index is 0.148. The Bertz CT molecular complexity index is 209. The molecule has 0 saturated carbocycles. The Kier molecular flexibility index (Phi) is 5.01. The van der Waals surface area contributed by atoms with Gasteiger partial charge in [-0.25, -0.2) is 0 Å². The quantitative estimate of drug-likeness (QED) is 0.598. The first-order chi connectivity index (χ1) is 7.11. The first-order valence-corrected chi connectivity index (χ1v) is 5.36. The molecule has 1 saturated heterocycles. The molecule has 1 heterocycles. The van der Waals surface area contributed by atoms with E-state index in [1.54, 1.807) is 0 Å². The van der Waals surface area contributed by atoms with Crippen LogP contribution < -0.4 is 5.32 Å². The average molecular weight is 215 g/mol. The fourth-order valence-corrected chi connectivity index (χ4v) is 1.49. The largest absolute Gasteiger partial charge is 0.378 e. The fourth-order valence-electron chi connectivity index (χ4n) is 1.49. The van der Waals surface area contributed by atoms with Gasteiger partial charge in [-0.3, -0.25) is 10.1 Å². The van der Waals surface area contributed by atoms with Gasteiger partial charge >= 0.3 is 0 Å². The first-order valence-electron chi connectivity index (χ1n) is 5.36. The second kappa shape index (κ2) is 6.05. The van der Waals surface area contributed by atoms with Crippen molar-refractivity contribution in [2.24, 2.45) is 0 Å². The lowest BCUT2D eigenvalue weighted by Crippen LogP contribution is -2.37. The molecule has 5 nitrogen and oxygen atoms in total. The molecule has 0 bridgehead atoms. The van der Waals surface area contributed by atoms with E-state index in [0.717, 1.165) is 13.2 Å². The summed E-state index contributed by atoms with van der Waals surface area (Å²) in [6, 6.07) is 0. The van der Waals surface area contributed by atoms with Crippen molar-refractivity contribution in [2.45, 2.75) is 13.1 Å². The van der Waals surface area contributed by atoms with Gasteiger partial charge in [0, 0.05) is 13.1 Å². The molecule has 1 rings (SSSR count). The molecule has 0 aromatic rings. The highest BCUT2D eigenvalue weighted by Crippen LogP contribution is 2.02. The Hall–Kier alpha value is -0.650. The van der Waals surface area contributed by atoms with Gasteiger partial charge in [0.25, 0.3) is 0 Å². The van der Waals surface area contributed by atoms with Gasteiger partial charge in [-0.2, -0.15) is 0 Å². The second-order valence-corrected chi connectivity index (χ2v) is 4.06. The summed E-state index contributed by atoms with van der Waals surface area (Å²) < 4.78 is 5.44. The zero-order valence-electron chi connectivity index (χ0n) is 9.82. The molecule has 1 amide bonds. The molecule has 0 aromatic carbocycles. The summed E-state index contributed by atoms with van der Waals surface area (Å²) in [5.41, 5.74) is 0. The molecule has 15 heavy (non-hydrogen) atoms. The van der Waals surface area contributed by atoms with Crippen molar-refractivity contribution in [3.63, 3.8) is 0 Å². The van der Waals surface area contributed by atoms with Crippen molar-refractivity contribution in [2.75, 3.05) is 46.9 Å². The normalized spacial score (nSPS) is 21.7. The van der Waals surface area contributed by atoms with Gasteiger partial charge in [-0.05, 0) is 21.0 Å². The standard InChI is InChI=1S/C10H21N3O2/c1-9-11-8-10(14)13(9)5-7-15-6-4-12(2)3/h9,11H,4-8H2,1-3H3. The molecule has 0 radical (unpaired) electrons. The van der Waals surface area contributed by atoms with E-state index in [-0.39, 0.29) is 12.1 Å². The fraction of sp³-hybridized carbons (Fsp3) is 0.900. The van der Waals surface area contributed by atoms with Crippen LogP contribution in [-0.2, 0) is 9.53 Å². The van der Waals surface area contributed by atoms with E-state index >= 15 is 0 Å². The third-order valence-corrected chi connectivity index (χ3v) is 2.50. The number of carbonyl (C=O) groups is 1. The van der Waals surface area contributed by atoms with Crippen molar-refractivity contribution < 1.29 is 9.53 Å². The number of ether oxygens (including phenoxy) is 1. The topological polar surface area (TPSA) is 44.8 Å². The van der Waals surface area contributed by atoms with E-state index in [0.29, 0.717) is 19.7 Å². The lowest BCUT2D eigenvalue weighted by molar-refractivity contribution is -0.128. The summed E-state index contributed by atoms with van der Waals surface area (Å²) in [4.78, 5) is 15.2. The van der Waals surface area contributed by atoms with Gasteiger partial charge < -0.3 is 14.5 Å². The van der Waals surface area contributed by atoms with Crippen LogP contribution in [0.25, 0.3) is 0 Å². The Morgan fingerprint density at radius 1 is 1.53 bits per heavy atom. The molecule has 5 heteroatoms. The number of rotatable bonds is 6. The molecular formula is C10H21N3O2. The van der Waals surface area contributed by atoms with Gasteiger partial charge in [0.15, 0.2) is 0 Å². The van der Waals surface area contributed by atoms with Crippen LogP contribution in [0.2, 0.25) is 0 Å². The molecular weight excluding hydrogens is 194 g/mol. The maximum Gasteiger partial charge on any atom is 0.237 e. The molecule has 1 unspecified atom stereocenters. The SMILES string of the molecule is CC1NCC(=O)N1CCOCCN(C)C. The highest BCUT2D eigenvalue weighted by molar-refractivity contribution is 5.80. The smallest absolute Gasteiger partial charge is 0.237 e. The van der Waals surface area contributed by atoms with Crippen LogP contribution in [-0.4, -0.2) is 68.8 Å². The van der Waals surface area contributed by atoms with Crippen molar-refractivity contribution >= 4 is 5.91 Å². The van der Waals surface area contributed by atoms with Gasteiger partial charge in [0.1, 0.15) is 0 Å². The van der Waals surface area contributed by atoms with Crippen molar-refractivity contribution in [1.82, 2.24) is 15.1 Å². The van der Waals surface area contributed by atoms with Crippen LogP contribution in [0.15, 0.2) is 0 Å². The molecule has 1 N–H and O–H groups in total. The van der Waals surface area contributed by atoms with Gasteiger partial charge in [0.05, 0.1) is 25.9 Å². The maximum absolute atomic E-state index is 11.4. The molecule has 0 aromatic heterocycles. The van der Waals surface area contributed by atoms with Crippen LogP contribution in [0.4, 0.5) is 0 Å². The molecule has 1 atom stereocenters. The van der Waals surface area contributed by atoms with E-state index in [9.17, 15) is 4.79 Å². The molecule has 1 aliphatic rings.